The van der Waals surface area contributed by atoms with Gasteiger partial charge < -0.3 is 14.2 Å². The van der Waals surface area contributed by atoms with Crippen LogP contribution in [0.3, 0.4) is 0 Å². The Bertz CT molecular complexity index is 1260. The average Bonchev–Trinajstić information content (AvgIpc) is 3.20. The molecule has 0 aromatic heterocycles. The van der Waals surface area contributed by atoms with Crippen LogP contribution in [0, 0.1) is 0 Å². The van der Waals surface area contributed by atoms with Crippen molar-refractivity contribution in [3.05, 3.63) is 108 Å². The molecular weight excluding hydrogens is 486 g/mol. The fraction of sp³-hybridized carbons (Fsp3) is 0.267. The van der Waals surface area contributed by atoms with Crippen LogP contribution in [0.4, 0.5) is 4.79 Å². The van der Waals surface area contributed by atoms with Crippen molar-refractivity contribution in [2.24, 2.45) is 0 Å². The van der Waals surface area contributed by atoms with Gasteiger partial charge in [-0.2, -0.15) is 0 Å². The number of benzene rings is 3. The summed E-state index contributed by atoms with van der Waals surface area (Å²) in [6, 6.07) is 27.0. The normalized spacial score (nSPS) is 18.5. The van der Waals surface area contributed by atoms with E-state index in [0.717, 1.165) is 5.56 Å². The van der Waals surface area contributed by atoms with Crippen LogP contribution in [-0.2, 0) is 41.6 Å². The molecule has 0 saturated carbocycles. The van der Waals surface area contributed by atoms with Gasteiger partial charge in [-0.05, 0) is 18.1 Å². The highest BCUT2D eigenvalue weighted by Gasteiger charge is 2.59. The number of cyclic esters (lactones) is 1. The first-order valence-electron chi connectivity index (χ1n) is 12.4. The molecule has 0 aliphatic carbocycles. The van der Waals surface area contributed by atoms with E-state index in [2.05, 4.69) is 0 Å². The van der Waals surface area contributed by atoms with Crippen molar-refractivity contribution in [3.63, 3.8) is 0 Å². The van der Waals surface area contributed by atoms with E-state index in [4.69, 9.17) is 14.2 Å². The topological polar surface area (TPSA) is 99.2 Å². The molecule has 1 aliphatic heterocycles. The Hall–Kier alpha value is -4.46. The predicted molar refractivity (Wildman–Crippen MR) is 137 cm³/mol. The molecule has 1 amide bonds. The summed E-state index contributed by atoms with van der Waals surface area (Å²) in [7, 11) is 0. The van der Waals surface area contributed by atoms with E-state index in [-0.39, 0.29) is 19.6 Å². The third-order valence-corrected chi connectivity index (χ3v) is 6.26. The van der Waals surface area contributed by atoms with Crippen molar-refractivity contribution in [2.45, 2.75) is 44.6 Å². The number of carbonyl (C=O) groups excluding carboxylic acids is 4. The van der Waals surface area contributed by atoms with Gasteiger partial charge in [-0.3, -0.25) is 14.5 Å². The molecular formula is C30H29NO7. The Morgan fingerprint density at radius 3 is 2.03 bits per heavy atom. The van der Waals surface area contributed by atoms with Crippen molar-refractivity contribution >= 4 is 23.8 Å². The lowest BCUT2D eigenvalue weighted by atomic mass is 9.84. The second-order valence-electron chi connectivity index (χ2n) is 8.97. The fourth-order valence-corrected chi connectivity index (χ4v) is 4.55. The monoisotopic (exact) mass is 515 g/mol. The molecule has 1 fully saturated rings. The number of amides is 1. The van der Waals surface area contributed by atoms with Crippen molar-refractivity contribution in [1.29, 1.82) is 0 Å². The van der Waals surface area contributed by atoms with E-state index in [1.165, 1.54) is 4.90 Å². The lowest BCUT2D eigenvalue weighted by Crippen LogP contribution is -2.55. The number of rotatable bonds is 10. The molecule has 0 N–H and O–H groups in total. The minimum Gasteiger partial charge on any atom is -0.466 e. The zero-order valence-electron chi connectivity index (χ0n) is 21.1. The first-order chi connectivity index (χ1) is 18.4. The summed E-state index contributed by atoms with van der Waals surface area (Å²) in [5, 5.41) is 0. The van der Waals surface area contributed by atoms with Gasteiger partial charge in [0.05, 0.1) is 6.61 Å². The summed E-state index contributed by atoms with van der Waals surface area (Å²) in [6.45, 7) is 1.73. The summed E-state index contributed by atoms with van der Waals surface area (Å²) >= 11 is 0. The van der Waals surface area contributed by atoms with Gasteiger partial charge in [0.2, 0.25) is 6.23 Å². The van der Waals surface area contributed by atoms with Crippen molar-refractivity contribution in [3.8, 4) is 0 Å². The zero-order chi connectivity index (χ0) is 27.0. The second kappa shape index (κ2) is 12.2. The first kappa shape index (κ1) is 26.6. The van der Waals surface area contributed by atoms with E-state index in [1.54, 1.807) is 61.5 Å². The van der Waals surface area contributed by atoms with Crippen molar-refractivity contribution in [2.75, 3.05) is 6.61 Å². The second-order valence-corrected chi connectivity index (χ2v) is 8.97. The predicted octanol–water partition coefficient (Wildman–Crippen LogP) is 4.77. The molecule has 3 aromatic rings. The maximum atomic E-state index is 13.7. The fourth-order valence-electron chi connectivity index (χ4n) is 4.55. The van der Waals surface area contributed by atoms with Crippen LogP contribution >= 0.6 is 0 Å². The van der Waals surface area contributed by atoms with Gasteiger partial charge >= 0.3 is 18.0 Å². The number of nitrogens with zero attached hydrogens (tertiary/aromatic N) is 1. The molecule has 196 valence electrons. The summed E-state index contributed by atoms with van der Waals surface area (Å²) in [4.78, 5) is 53.8. The number of ether oxygens (including phenoxy) is 3. The largest absolute Gasteiger partial charge is 0.466 e. The highest BCUT2D eigenvalue weighted by Crippen LogP contribution is 2.43. The highest BCUT2D eigenvalue weighted by molar-refractivity contribution is 6.00. The molecule has 0 spiro atoms. The molecule has 2 atom stereocenters. The van der Waals surface area contributed by atoms with Crippen LogP contribution in [0.2, 0.25) is 0 Å². The minimum atomic E-state index is -1.74. The lowest BCUT2D eigenvalue weighted by molar-refractivity contribution is -0.149. The molecule has 0 unspecified atom stereocenters. The highest BCUT2D eigenvalue weighted by atomic mass is 16.6. The van der Waals surface area contributed by atoms with Crippen LogP contribution in [-0.4, -0.2) is 40.9 Å². The van der Waals surface area contributed by atoms with E-state index in [1.807, 2.05) is 36.4 Å². The molecule has 0 radical (unpaired) electrons. The average molecular weight is 516 g/mol. The molecule has 3 aromatic carbocycles. The maximum absolute atomic E-state index is 13.7. The Labute approximate surface area is 221 Å². The molecule has 4 rings (SSSR count). The first-order valence-corrected chi connectivity index (χ1v) is 12.4. The summed E-state index contributed by atoms with van der Waals surface area (Å²) < 4.78 is 16.4. The quantitative estimate of drug-likeness (QED) is 0.218. The van der Waals surface area contributed by atoms with E-state index in [0.29, 0.717) is 11.1 Å². The third-order valence-electron chi connectivity index (χ3n) is 6.26. The molecule has 8 heteroatoms. The molecule has 1 aliphatic rings. The Kier molecular flexibility index (Phi) is 8.53. The van der Waals surface area contributed by atoms with Gasteiger partial charge in [0.1, 0.15) is 18.8 Å². The zero-order valence-corrected chi connectivity index (χ0v) is 21.1. The van der Waals surface area contributed by atoms with Gasteiger partial charge in [0.25, 0.3) is 0 Å². The van der Waals surface area contributed by atoms with Gasteiger partial charge in [-0.1, -0.05) is 91.0 Å². The van der Waals surface area contributed by atoms with Gasteiger partial charge in [-0.15, -0.1) is 0 Å². The number of esters is 2. The Balaban J connectivity index is 1.74. The standard InChI is InChI=1S/C30H29NO7/c1-2-36-26(33)18-25(32)20-30(19-22-12-6-3-7-13-22)28(34)38-27(24-16-10-5-11-17-24)31(30)29(35)37-21-23-14-8-4-9-15-23/h3-17,27H,2,18-21H2,1H3/t27-,30+/m0/s1. The Morgan fingerprint density at radius 1 is 0.842 bits per heavy atom. The minimum absolute atomic E-state index is 0.00892. The summed E-state index contributed by atoms with van der Waals surface area (Å²) in [6.07, 6.45) is -2.91. The molecule has 38 heavy (non-hydrogen) atoms. The van der Waals surface area contributed by atoms with Crippen LogP contribution < -0.4 is 0 Å². The van der Waals surface area contributed by atoms with Crippen LogP contribution in [0.1, 0.15) is 42.7 Å². The molecule has 1 saturated heterocycles. The number of ketones is 1. The van der Waals surface area contributed by atoms with Gasteiger partial charge in [0.15, 0.2) is 5.54 Å². The van der Waals surface area contributed by atoms with Gasteiger partial charge in [0, 0.05) is 18.4 Å². The van der Waals surface area contributed by atoms with Gasteiger partial charge in [-0.25, -0.2) is 9.59 Å². The molecule has 1 heterocycles. The Morgan fingerprint density at radius 2 is 1.42 bits per heavy atom. The number of hydrogen-bond acceptors (Lipinski definition) is 7. The SMILES string of the molecule is CCOC(=O)CC(=O)C[C@]1(Cc2ccccc2)C(=O)O[C@@H](c2ccccc2)N1C(=O)OCc1ccccc1. The lowest BCUT2D eigenvalue weighted by Gasteiger charge is -2.35. The van der Waals surface area contributed by atoms with Crippen molar-refractivity contribution in [1.82, 2.24) is 4.90 Å². The summed E-state index contributed by atoms with van der Waals surface area (Å²) in [5.41, 5.74) is 0.281. The number of hydrogen-bond donors (Lipinski definition) is 0. The number of Topliss-reactive ketones (excluding diaryl/α,β-unsaturated/α-hetero) is 1. The number of carbonyl (C=O) groups is 4. The van der Waals surface area contributed by atoms with E-state index < -0.39 is 48.4 Å². The smallest absolute Gasteiger partial charge is 0.414 e. The summed E-state index contributed by atoms with van der Waals surface area (Å²) in [5.74, 6) is -1.99. The third kappa shape index (κ3) is 6.08. The van der Waals surface area contributed by atoms with Crippen molar-refractivity contribution < 1.29 is 33.4 Å². The maximum Gasteiger partial charge on any atom is 0.414 e. The van der Waals surface area contributed by atoms with Crippen LogP contribution in [0.15, 0.2) is 91.0 Å². The van der Waals surface area contributed by atoms with Crippen LogP contribution in [0.5, 0.6) is 0 Å². The molecule has 0 bridgehead atoms. The van der Waals surface area contributed by atoms with E-state index in [9.17, 15) is 19.2 Å². The van der Waals surface area contributed by atoms with E-state index >= 15 is 0 Å². The van der Waals surface area contributed by atoms with Crippen LogP contribution in [0.25, 0.3) is 0 Å². The molecule has 8 nitrogen and oxygen atoms in total.